The second-order valence-corrected chi connectivity index (χ2v) is 10.0. The molecule has 1 aromatic carbocycles. The number of amides is 1. The number of hydrogen-bond acceptors (Lipinski definition) is 3. The fourth-order valence-electron chi connectivity index (χ4n) is 5.69. The van der Waals surface area contributed by atoms with Gasteiger partial charge in [0, 0.05) is 36.3 Å². The number of halogens is 3. The monoisotopic (exact) mass is 489 g/mol. The van der Waals surface area contributed by atoms with Gasteiger partial charge in [0.05, 0.1) is 6.54 Å². The molecule has 2 aliphatic rings. The third-order valence-electron chi connectivity index (χ3n) is 7.49. The second kappa shape index (κ2) is 11.0. The summed E-state index contributed by atoms with van der Waals surface area (Å²) < 4.78 is 41.9. The van der Waals surface area contributed by atoms with Gasteiger partial charge in [-0.1, -0.05) is 50.3 Å². The van der Waals surface area contributed by atoms with Gasteiger partial charge >= 0.3 is 6.18 Å². The number of Topliss-reactive ketones (excluding diaryl/α,β-unsaturated/α-hetero) is 1. The summed E-state index contributed by atoms with van der Waals surface area (Å²) in [5.41, 5.74) is 0.650. The predicted molar refractivity (Wildman–Crippen MR) is 128 cm³/mol. The zero-order valence-electron chi connectivity index (χ0n) is 20.3. The Hall–Kier alpha value is -2.64. The molecule has 1 saturated carbocycles. The molecule has 4 rings (SSSR count). The van der Waals surface area contributed by atoms with E-state index in [1.165, 1.54) is 11.1 Å². The predicted octanol–water partition coefficient (Wildman–Crippen LogP) is 5.99. The number of aromatic nitrogens is 2. The van der Waals surface area contributed by atoms with Crippen molar-refractivity contribution < 1.29 is 22.8 Å². The van der Waals surface area contributed by atoms with Crippen LogP contribution >= 0.6 is 0 Å². The highest BCUT2D eigenvalue weighted by Crippen LogP contribution is 2.36. The summed E-state index contributed by atoms with van der Waals surface area (Å²) >= 11 is 0. The molecule has 1 atom stereocenters. The molecule has 8 heteroatoms. The average molecular weight is 490 g/mol. The molecule has 0 saturated heterocycles. The minimum Gasteiger partial charge on any atom is -0.315 e. The second-order valence-electron chi connectivity index (χ2n) is 10.0. The number of benzene rings is 1. The van der Waals surface area contributed by atoms with E-state index in [9.17, 15) is 22.8 Å². The topological polar surface area (TPSA) is 55.2 Å². The Kier molecular flexibility index (Phi) is 7.97. The van der Waals surface area contributed by atoms with Crippen LogP contribution in [0.25, 0.3) is 0 Å². The van der Waals surface area contributed by atoms with Crippen LogP contribution in [0.15, 0.2) is 30.3 Å². The van der Waals surface area contributed by atoms with Crippen LogP contribution < -0.4 is 4.90 Å². The lowest BCUT2D eigenvalue weighted by atomic mass is 9.81. The van der Waals surface area contributed by atoms with Crippen molar-refractivity contribution in [2.75, 3.05) is 11.9 Å². The largest absolute Gasteiger partial charge is 0.435 e. The van der Waals surface area contributed by atoms with Gasteiger partial charge in [-0.3, -0.25) is 14.3 Å². The van der Waals surface area contributed by atoms with E-state index in [4.69, 9.17) is 0 Å². The first-order valence-electron chi connectivity index (χ1n) is 12.7. The number of ketones is 1. The molecule has 1 amide bonds. The van der Waals surface area contributed by atoms with Gasteiger partial charge < -0.3 is 4.90 Å². The third-order valence-corrected chi connectivity index (χ3v) is 7.49. The zero-order valence-corrected chi connectivity index (χ0v) is 20.3. The van der Waals surface area contributed by atoms with Gasteiger partial charge in [-0.05, 0) is 50.2 Å². The Balaban J connectivity index is 1.52. The van der Waals surface area contributed by atoms with E-state index in [1.54, 1.807) is 11.9 Å². The SMILES string of the molecule is CN(C(=O)[C@@H](CC(=O)Cn1nc(C(F)(F)F)c2c1CCCC2)CC1CCCCC1)c1ccccc1. The number of carbonyl (C=O) groups excluding carboxylic acids is 2. The number of alkyl halides is 3. The molecule has 1 aromatic heterocycles. The summed E-state index contributed by atoms with van der Waals surface area (Å²) in [7, 11) is 1.72. The van der Waals surface area contributed by atoms with Crippen molar-refractivity contribution in [1.82, 2.24) is 9.78 Å². The molecule has 190 valence electrons. The van der Waals surface area contributed by atoms with Gasteiger partial charge in [0.1, 0.15) is 0 Å². The summed E-state index contributed by atoms with van der Waals surface area (Å²) in [6.07, 6.45) is 3.99. The summed E-state index contributed by atoms with van der Waals surface area (Å²) in [5, 5.41) is 3.83. The van der Waals surface area contributed by atoms with E-state index in [2.05, 4.69) is 5.10 Å². The first-order chi connectivity index (χ1) is 16.7. The minimum atomic E-state index is -4.53. The summed E-state index contributed by atoms with van der Waals surface area (Å²) in [6.45, 7) is -0.220. The van der Waals surface area contributed by atoms with E-state index < -0.39 is 17.8 Å². The van der Waals surface area contributed by atoms with Gasteiger partial charge in [-0.2, -0.15) is 18.3 Å². The molecule has 1 heterocycles. The van der Waals surface area contributed by atoms with E-state index in [0.29, 0.717) is 37.3 Å². The highest BCUT2D eigenvalue weighted by Gasteiger charge is 2.40. The molecule has 0 N–H and O–H groups in total. The van der Waals surface area contributed by atoms with Crippen LogP contribution in [0.2, 0.25) is 0 Å². The molecule has 0 aliphatic heterocycles. The first-order valence-corrected chi connectivity index (χ1v) is 12.7. The minimum absolute atomic E-state index is 0.0164. The fourth-order valence-corrected chi connectivity index (χ4v) is 5.69. The molecule has 5 nitrogen and oxygen atoms in total. The zero-order chi connectivity index (χ0) is 25.0. The van der Waals surface area contributed by atoms with Crippen molar-refractivity contribution in [3.05, 3.63) is 47.3 Å². The molecule has 0 unspecified atom stereocenters. The Morgan fingerprint density at radius 3 is 2.43 bits per heavy atom. The number of fused-ring (bicyclic) bond motifs is 1. The van der Waals surface area contributed by atoms with Gasteiger partial charge in [0.25, 0.3) is 0 Å². The highest BCUT2D eigenvalue weighted by molar-refractivity contribution is 5.97. The maximum Gasteiger partial charge on any atom is 0.435 e. The molecule has 0 radical (unpaired) electrons. The Morgan fingerprint density at radius 2 is 1.74 bits per heavy atom. The van der Waals surface area contributed by atoms with E-state index in [1.807, 2.05) is 30.3 Å². The lowest BCUT2D eigenvalue weighted by Gasteiger charge is -2.29. The van der Waals surface area contributed by atoms with Crippen molar-refractivity contribution in [2.24, 2.45) is 11.8 Å². The van der Waals surface area contributed by atoms with Crippen LogP contribution in [0, 0.1) is 11.8 Å². The fraction of sp³-hybridized carbons (Fsp3) is 0.593. The van der Waals surface area contributed by atoms with Crippen LogP contribution in [0.3, 0.4) is 0 Å². The number of carbonyl (C=O) groups is 2. The smallest absolute Gasteiger partial charge is 0.315 e. The number of hydrogen-bond donors (Lipinski definition) is 0. The summed E-state index contributed by atoms with van der Waals surface area (Å²) in [4.78, 5) is 28.2. The van der Waals surface area contributed by atoms with E-state index in [0.717, 1.165) is 37.8 Å². The standard InChI is InChI=1S/C27H34F3N3O2/c1-32(21-12-6-3-7-13-21)26(35)20(16-19-10-4-2-5-11-19)17-22(34)18-33-24-15-9-8-14-23(24)25(31-33)27(28,29)30/h3,6-7,12-13,19-20H,2,4-5,8-11,14-18H2,1H3/t20-/m1/s1. The van der Waals surface area contributed by atoms with E-state index >= 15 is 0 Å². The lowest BCUT2D eigenvalue weighted by molar-refractivity contribution is -0.142. The maximum absolute atomic E-state index is 13.5. The van der Waals surface area contributed by atoms with Crippen LogP contribution in [0.5, 0.6) is 0 Å². The van der Waals surface area contributed by atoms with Crippen molar-refractivity contribution in [2.45, 2.75) is 83.4 Å². The van der Waals surface area contributed by atoms with Gasteiger partial charge in [0.15, 0.2) is 11.5 Å². The number of anilines is 1. The Bertz CT molecular complexity index is 1030. The first kappa shape index (κ1) is 25.5. The average Bonchev–Trinajstić information content (AvgIpc) is 3.23. The molecular formula is C27H34F3N3O2. The highest BCUT2D eigenvalue weighted by atomic mass is 19.4. The summed E-state index contributed by atoms with van der Waals surface area (Å²) in [5.74, 6) is -0.466. The molecule has 2 aromatic rings. The third kappa shape index (κ3) is 6.14. The van der Waals surface area contributed by atoms with E-state index in [-0.39, 0.29) is 30.2 Å². The Morgan fingerprint density at radius 1 is 1.06 bits per heavy atom. The van der Waals surface area contributed by atoms with Crippen molar-refractivity contribution in [3.63, 3.8) is 0 Å². The number of nitrogens with zero attached hydrogens (tertiary/aromatic N) is 3. The van der Waals surface area contributed by atoms with Crippen LogP contribution in [0.4, 0.5) is 18.9 Å². The number of rotatable bonds is 8. The van der Waals surface area contributed by atoms with Crippen LogP contribution in [-0.4, -0.2) is 28.5 Å². The van der Waals surface area contributed by atoms with Gasteiger partial charge in [-0.25, -0.2) is 0 Å². The molecule has 35 heavy (non-hydrogen) atoms. The molecule has 0 bridgehead atoms. The quantitative estimate of drug-likeness (QED) is 0.458. The lowest BCUT2D eigenvalue weighted by Crippen LogP contribution is -2.36. The molecule has 0 spiro atoms. The van der Waals surface area contributed by atoms with Crippen molar-refractivity contribution in [1.29, 1.82) is 0 Å². The number of para-hydroxylation sites is 1. The maximum atomic E-state index is 13.5. The molecule has 1 fully saturated rings. The summed E-state index contributed by atoms with van der Waals surface area (Å²) in [6, 6.07) is 9.31. The Labute approximate surface area is 204 Å². The van der Waals surface area contributed by atoms with Crippen LogP contribution in [0.1, 0.15) is 74.7 Å². The normalized spacial score (nSPS) is 17.6. The van der Waals surface area contributed by atoms with Gasteiger partial charge in [-0.15, -0.1) is 0 Å². The molecular weight excluding hydrogens is 455 g/mol. The van der Waals surface area contributed by atoms with Gasteiger partial charge in [0.2, 0.25) is 5.91 Å². The molecule has 2 aliphatic carbocycles. The van der Waals surface area contributed by atoms with Crippen LogP contribution in [-0.2, 0) is 35.2 Å². The van der Waals surface area contributed by atoms with Crippen molar-refractivity contribution in [3.8, 4) is 0 Å². The van der Waals surface area contributed by atoms with Crippen molar-refractivity contribution >= 4 is 17.4 Å².